The second-order valence-corrected chi connectivity index (χ2v) is 10.3. The number of nitro benzene ring substituents is 1. The number of carbonyl (C=O) groups excluding carboxylic acids is 2. The summed E-state index contributed by atoms with van der Waals surface area (Å²) in [6.45, 7) is 1.93. The first-order valence-electron chi connectivity index (χ1n) is 14.3. The molecule has 0 radical (unpaired) electrons. The van der Waals surface area contributed by atoms with Crippen molar-refractivity contribution in [3.63, 3.8) is 0 Å². The van der Waals surface area contributed by atoms with Crippen molar-refractivity contribution in [2.75, 3.05) is 31.1 Å². The molecule has 3 N–H and O–H groups in total. The van der Waals surface area contributed by atoms with Gasteiger partial charge in [-0.3, -0.25) is 19.7 Å². The van der Waals surface area contributed by atoms with Crippen molar-refractivity contribution in [2.45, 2.75) is 18.8 Å². The van der Waals surface area contributed by atoms with E-state index in [2.05, 4.69) is 10.2 Å². The Morgan fingerprint density at radius 1 is 0.756 bits per heavy atom. The molecule has 0 spiro atoms. The van der Waals surface area contributed by atoms with E-state index in [1.165, 1.54) is 23.1 Å². The summed E-state index contributed by atoms with van der Waals surface area (Å²) in [5, 5.41) is 34.4. The van der Waals surface area contributed by atoms with E-state index in [4.69, 9.17) is 9.47 Å². The van der Waals surface area contributed by atoms with Crippen molar-refractivity contribution in [1.82, 2.24) is 10.2 Å². The zero-order chi connectivity index (χ0) is 31.8. The van der Waals surface area contributed by atoms with Gasteiger partial charge in [-0.15, -0.1) is 0 Å². The number of aliphatic hydroxyl groups is 2. The van der Waals surface area contributed by atoms with E-state index in [-0.39, 0.29) is 12.2 Å². The predicted octanol–water partition coefficient (Wildman–Crippen LogP) is 3.87. The molecule has 0 bridgehead atoms. The largest absolute Gasteiger partial charge is 0.457 e. The molecule has 12 heteroatoms. The number of anilines is 1. The highest BCUT2D eigenvalue weighted by molar-refractivity contribution is 5.90. The molecule has 0 aliphatic carbocycles. The van der Waals surface area contributed by atoms with Gasteiger partial charge in [0, 0.05) is 50.5 Å². The Morgan fingerprint density at radius 3 is 2.00 bits per heavy atom. The minimum absolute atomic E-state index is 0.0549. The van der Waals surface area contributed by atoms with Crippen LogP contribution in [-0.4, -0.2) is 70.2 Å². The SMILES string of the molecule is O=C(NCc1ccc(Oc2cccc(Oc3cccc([N+](=O)[O-])c3)c2)cc1)[C@H](O)[C@@H](O)C(=O)N1CCN(c2ccccc2)CC1. The molecule has 0 aromatic heterocycles. The van der Waals surface area contributed by atoms with Crippen LogP contribution in [0.15, 0.2) is 103 Å². The second-order valence-electron chi connectivity index (χ2n) is 10.3. The fraction of sp³-hybridized carbons (Fsp3) is 0.212. The Kier molecular flexibility index (Phi) is 9.87. The molecule has 1 aliphatic rings. The molecule has 1 aliphatic heterocycles. The number of nitrogens with one attached hydrogen (secondary N) is 1. The highest BCUT2D eigenvalue weighted by atomic mass is 16.6. The van der Waals surface area contributed by atoms with Gasteiger partial charge in [-0.1, -0.05) is 42.5 Å². The van der Waals surface area contributed by atoms with Crippen molar-refractivity contribution in [3.05, 3.63) is 119 Å². The number of benzene rings is 4. The van der Waals surface area contributed by atoms with E-state index < -0.39 is 28.9 Å². The second kappa shape index (κ2) is 14.3. The van der Waals surface area contributed by atoms with Crippen LogP contribution < -0.4 is 19.7 Å². The summed E-state index contributed by atoms with van der Waals surface area (Å²) in [5.41, 5.74) is 1.66. The summed E-state index contributed by atoms with van der Waals surface area (Å²) in [7, 11) is 0. The van der Waals surface area contributed by atoms with E-state index in [0.29, 0.717) is 54.7 Å². The summed E-state index contributed by atoms with van der Waals surface area (Å²) in [4.78, 5) is 39.4. The third kappa shape index (κ3) is 8.13. The monoisotopic (exact) mass is 612 g/mol. The fourth-order valence-electron chi connectivity index (χ4n) is 4.79. The highest BCUT2D eigenvalue weighted by Crippen LogP contribution is 2.30. The Balaban J connectivity index is 1.08. The van der Waals surface area contributed by atoms with Crippen LogP contribution in [0.3, 0.4) is 0 Å². The summed E-state index contributed by atoms with van der Waals surface area (Å²) >= 11 is 0. The lowest BCUT2D eigenvalue weighted by molar-refractivity contribution is -0.384. The van der Waals surface area contributed by atoms with Gasteiger partial charge < -0.3 is 34.8 Å². The van der Waals surface area contributed by atoms with Crippen LogP contribution in [0.2, 0.25) is 0 Å². The van der Waals surface area contributed by atoms with Crippen molar-refractivity contribution < 1.29 is 34.2 Å². The highest BCUT2D eigenvalue weighted by Gasteiger charge is 2.34. The zero-order valence-corrected chi connectivity index (χ0v) is 24.2. The first kappa shape index (κ1) is 31.0. The van der Waals surface area contributed by atoms with Crippen LogP contribution in [-0.2, 0) is 16.1 Å². The zero-order valence-electron chi connectivity index (χ0n) is 24.2. The first-order valence-corrected chi connectivity index (χ1v) is 14.3. The van der Waals surface area contributed by atoms with Gasteiger partial charge in [0.1, 0.15) is 23.0 Å². The summed E-state index contributed by atoms with van der Waals surface area (Å²) < 4.78 is 11.6. The number of nitrogens with zero attached hydrogens (tertiary/aromatic N) is 3. The molecule has 1 fully saturated rings. The molecular formula is C33H32N4O8. The lowest BCUT2D eigenvalue weighted by atomic mass is 10.1. The maximum Gasteiger partial charge on any atom is 0.273 e. The number of rotatable bonds is 11. The lowest BCUT2D eigenvalue weighted by Gasteiger charge is -2.37. The molecule has 12 nitrogen and oxygen atoms in total. The molecule has 1 heterocycles. The number of aliphatic hydroxyl groups excluding tert-OH is 2. The van der Waals surface area contributed by atoms with Gasteiger partial charge in [-0.25, -0.2) is 0 Å². The maximum atomic E-state index is 12.8. The number of carbonyl (C=O) groups is 2. The molecule has 232 valence electrons. The number of hydrogen-bond donors (Lipinski definition) is 3. The van der Waals surface area contributed by atoms with Crippen molar-refractivity contribution in [2.24, 2.45) is 0 Å². The molecule has 4 aromatic rings. The molecule has 4 aromatic carbocycles. The topological polar surface area (TPSA) is 155 Å². The predicted molar refractivity (Wildman–Crippen MR) is 165 cm³/mol. The van der Waals surface area contributed by atoms with Crippen molar-refractivity contribution >= 4 is 23.2 Å². The van der Waals surface area contributed by atoms with E-state index >= 15 is 0 Å². The van der Waals surface area contributed by atoms with E-state index in [1.54, 1.807) is 54.6 Å². The van der Waals surface area contributed by atoms with Crippen LogP contribution in [0.5, 0.6) is 23.0 Å². The maximum absolute atomic E-state index is 12.8. The first-order chi connectivity index (χ1) is 21.8. The Hall–Kier alpha value is -5.46. The van der Waals surface area contributed by atoms with E-state index in [1.807, 2.05) is 30.3 Å². The average Bonchev–Trinajstić information content (AvgIpc) is 3.07. The van der Waals surface area contributed by atoms with Crippen molar-refractivity contribution in [1.29, 1.82) is 0 Å². The lowest BCUT2D eigenvalue weighted by Crippen LogP contribution is -2.55. The number of non-ortho nitro benzene ring substituents is 1. The van der Waals surface area contributed by atoms with Gasteiger partial charge >= 0.3 is 0 Å². The average molecular weight is 613 g/mol. The number of piperazine rings is 1. The van der Waals surface area contributed by atoms with Gasteiger partial charge in [0.2, 0.25) is 0 Å². The van der Waals surface area contributed by atoms with Crippen LogP contribution in [0, 0.1) is 10.1 Å². The number of ether oxygens (including phenoxy) is 2. The fourth-order valence-corrected chi connectivity index (χ4v) is 4.79. The molecule has 5 rings (SSSR count). The van der Waals surface area contributed by atoms with Crippen LogP contribution >= 0.6 is 0 Å². The smallest absolute Gasteiger partial charge is 0.273 e. The number of nitro groups is 1. The number of hydrogen-bond acceptors (Lipinski definition) is 9. The third-order valence-corrected chi connectivity index (χ3v) is 7.23. The Bertz CT molecular complexity index is 1630. The van der Waals surface area contributed by atoms with E-state index in [9.17, 15) is 29.9 Å². The molecule has 0 unspecified atom stereocenters. The van der Waals surface area contributed by atoms with Gasteiger partial charge in [0.25, 0.3) is 17.5 Å². The van der Waals surface area contributed by atoms with Crippen LogP contribution in [0.4, 0.5) is 11.4 Å². The van der Waals surface area contributed by atoms with Gasteiger partial charge in [-0.2, -0.15) is 0 Å². The van der Waals surface area contributed by atoms with E-state index in [0.717, 1.165) is 5.69 Å². The minimum Gasteiger partial charge on any atom is -0.457 e. The molecule has 0 saturated carbocycles. The molecular weight excluding hydrogens is 580 g/mol. The van der Waals surface area contributed by atoms with Crippen LogP contribution in [0.25, 0.3) is 0 Å². The summed E-state index contributed by atoms with van der Waals surface area (Å²) in [6, 6.07) is 29.3. The van der Waals surface area contributed by atoms with Crippen molar-refractivity contribution in [3.8, 4) is 23.0 Å². The Labute approximate surface area is 259 Å². The summed E-state index contributed by atoms with van der Waals surface area (Å²) in [5.74, 6) is 0.178. The standard InChI is InChI=1S/C33H32N4O8/c38-30(31(39)33(41)36-18-16-35(17-19-36)24-6-2-1-3-7-24)32(40)34-22-23-12-14-26(15-13-23)44-28-10-5-11-29(21-28)45-27-9-4-8-25(20-27)37(42)43/h1-15,20-21,30-31,38-39H,16-19,22H2,(H,34,40)/t30-,31-/m1/s1. The summed E-state index contributed by atoms with van der Waals surface area (Å²) in [6.07, 6.45) is -3.79. The minimum atomic E-state index is -1.91. The van der Waals surface area contributed by atoms with Gasteiger partial charge in [0.15, 0.2) is 12.2 Å². The third-order valence-electron chi connectivity index (χ3n) is 7.23. The number of para-hydroxylation sites is 1. The molecule has 2 atom stereocenters. The van der Waals surface area contributed by atoms with Crippen LogP contribution in [0.1, 0.15) is 5.56 Å². The number of amides is 2. The molecule has 45 heavy (non-hydrogen) atoms. The van der Waals surface area contributed by atoms with Gasteiger partial charge in [-0.05, 0) is 48.0 Å². The van der Waals surface area contributed by atoms with Gasteiger partial charge in [0.05, 0.1) is 11.0 Å². The quantitative estimate of drug-likeness (QED) is 0.169. The Morgan fingerprint density at radius 2 is 1.36 bits per heavy atom. The molecule has 1 saturated heterocycles. The normalized spacial score (nSPS) is 14.3. The molecule has 2 amide bonds.